The van der Waals surface area contributed by atoms with E-state index < -0.39 is 0 Å². The lowest BCUT2D eigenvalue weighted by molar-refractivity contribution is 0.162. The van der Waals surface area contributed by atoms with Crippen molar-refractivity contribution in [2.24, 2.45) is 5.92 Å². The maximum Gasteiger partial charge on any atom is 0.0613 e. The summed E-state index contributed by atoms with van der Waals surface area (Å²) in [4.78, 5) is 1.41. The molecule has 1 N–H and O–H groups in total. The third-order valence-electron chi connectivity index (χ3n) is 2.40. The zero-order valence-electron chi connectivity index (χ0n) is 9.99. The molecule has 1 heterocycles. The summed E-state index contributed by atoms with van der Waals surface area (Å²) in [6, 6.07) is 5.14. The van der Waals surface area contributed by atoms with Gasteiger partial charge in [0, 0.05) is 24.1 Å². The largest absolute Gasteiger partial charge is 0.383 e. The normalized spacial score (nSPS) is 15.5. The zero-order valence-corrected chi connectivity index (χ0v) is 10.8. The Kier molecular flexibility index (Phi) is 5.29. The molecule has 0 saturated heterocycles. The van der Waals surface area contributed by atoms with E-state index in [1.807, 2.05) is 11.3 Å². The predicted octanol–water partition coefficient (Wildman–Crippen LogP) is 3.07. The van der Waals surface area contributed by atoms with Gasteiger partial charge in [-0.3, -0.25) is 0 Å². The molecule has 15 heavy (non-hydrogen) atoms. The van der Waals surface area contributed by atoms with Gasteiger partial charge in [-0.15, -0.1) is 11.3 Å². The van der Waals surface area contributed by atoms with Gasteiger partial charge in [0.15, 0.2) is 0 Å². The van der Waals surface area contributed by atoms with E-state index in [1.54, 1.807) is 7.11 Å². The van der Waals surface area contributed by atoms with Gasteiger partial charge >= 0.3 is 0 Å². The van der Waals surface area contributed by atoms with Crippen molar-refractivity contribution in [3.63, 3.8) is 0 Å². The molecule has 0 fully saturated rings. The first-order valence-electron chi connectivity index (χ1n) is 5.43. The van der Waals surface area contributed by atoms with Crippen LogP contribution >= 0.6 is 11.3 Å². The molecule has 0 aromatic carbocycles. The zero-order chi connectivity index (χ0) is 11.3. The average molecular weight is 227 g/mol. The summed E-state index contributed by atoms with van der Waals surface area (Å²) in [5, 5.41) is 5.74. The lowest BCUT2D eigenvalue weighted by Gasteiger charge is -2.25. The molecule has 2 unspecified atom stereocenters. The lowest BCUT2D eigenvalue weighted by Crippen LogP contribution is -2.35. The van der Waals surface area contributed by atoms with Crippen LogP contribution in [0.15, 0.2) is 17.5 Å². The Balaban J connectivity index is 2.59. The molecule has 0 radical (unpaired) electrons. The van der Waals surface area contributed by atoms with Gasteiger partial charge in [-0.25, -0.2) is 0 Å². The monoisotopic (exact) mass is 227 g/mol. The quantitative estimate of drug-likeness (QED) is 0.806. The summed E-state index contributed by atoms with van der Waals surface area (Å²) in [7, 11) is 1.74. The first-order chi connectivity index (χ1) is 7.15. The number of ether oxygens (including phenoxy) is 1. The minimum absolute atomic E-state index is 0.393. The van der Waals surface area contributed by atoms with Crippen molar-refractivity contribution in [3.8, 4) is 0 Å². The van der Waals surface area contributed by atoms with Crippen LogP contribution in [-0.4, -0.2) is 19.8 Å². The van der Waals surface area contributed by atoms with E-state index in [2.05, 4.69) is 43.6 Å². The molecule has 2 atom stereocenters. The fraction of sp³-hybridized carbons (Fsp3) is 0.667. The number of nitrogens with one attached hydrogen (secondary N) is 1. The van der Waals surface area contributed by atoms with Crippen LogP contribution in [0.1, 0.15) is 31.7 Å². The van der Waals surface area contributed by atoms with E-state index in [-0.39, 0.29) is 0 Å². The van der Waals surface area contributed by atoms with Crippen LogP contribution in [0.25, 0.3) is 0 Å². The molecule has 3 heteroatoms. The Bertz CT molecular complexity index is 259. The molecule has 0 bridgehead atoms. The highest BCUT2D eigenvalue weighted by Gasteiger charge is 2.18. The molecule has 0 spiro atoms. The standard InChI is InChI=1S/C12H21NOS/c1-9(2)12(11-6-5-7-15-11)13-10(3)8-14-4/h5-7,9-10,12-13H,8H2,1-4H3. The molecule has 0 aliphatic rings. The Labute approximate surface area is 96.7 Å². The molecule has 2 nitrogen and oxygen atoms in total. The smallest absolute Gasteiger partial charge is 0.0613 e. The van der Waals surface area contributed by atoms with Crippen LogP contribution in [-0.2, 0) is 4.74 Å². The number of hydrogen-bond donors (Lipinski definition) is 1. The van der Waals surface area contributed by atoms with Crippen molar-refractivity contribution in [2.75, 3.05) is 13.7 Å². The molecule has 0 aliphatic carbocycles. The number of methoxy groups -OCH3 is 1. The molecule has 86 valence electrons. The highest BCUT2D eigenvalue weighted by Crippen LogP contribution is 2.26. The summed E-state index contributed by atoms with van der Waals surface area (Å²) >= 11 is 1.82. The van der Waals surface area contributed by atoms with Gasteiger partial charge < -0.3 is 10.1 Å². The van der Waals surface area contributed by atoms with Crippen molar-refractivity contribution in [3.05, 3.63) is 22.4 Å². The van der Waals surface area contributed by atoms with E-state index in [0.29, 0.717) is 18.0 Å². The van der Waals surface area contributed by atoms with E-state index in [0.717, 1.165) is 6.61 Å². The van der Waals surface area contributed by atoms with Gasteiger partial charge in [0.1, 0.15) is 0 Å². The maximum absolute atomic E-state index is 5.14. The Hall–Kier alpha value is -0.380. The minimum Gasteiger partial charge on any atom is -0.383 e. The minimum atomic E-state index is 0.393. The van der Waals surface area contributed by atoms with Gasteiger partial charge in [0.2, 0.25) is 0 Å². The number of rotatable bonds is 6. The fourth-order valence-electron chi connectivity index (χ4n) is 1.68. The molecular weight excluding hydrogens is 206 g/mol. The van der Waals surface area contributed by atoms with Gasteiger partial charge in [-0.1, -0.05) is 19.9 Å². The summed E-state index contributed by atoms with van der Waals surface area (Å²) < 4.78 is 5.14. The Morgan fingerprint density at radius 2 is 2.13 bits per heavy atom. The highest BCUT2D eigenvalue weighted by molar-refractivity contribution is 7.10. The van der Waals surface area contributed by atoms with Crippen LogP contribution in [0, 0.1) is 5.92 Å². The molecule has 0 saturated carbocycles. The summed E-state index contributed by atoms with van der Waals surface area (Å²) in [5.74, 6) is 0.600. The second-order valence-electron chi connectivity index (χ2n) is 4.26. The van der Waals surface area contributed by atoms with Crippen molar-refractivity contribution in [1.29, 1.82) is 0 Å². The predicted molar refractivity (Wildman–Crippen MR) is 66.4 cm³/mol. The molecule has 0 amide bonds. The van der Waals surface area contributed by atoms with Crippen molar-refractivity contribution in [1.82, 2.24) is 5.32 Å². The van der Waals surface area contributed by atoms with Gasteiger partial charge in [0.05, 0.1) is 6.61 Å². The van der Waals surface area contributed by atoms with Crippen molar-refractivity contribution >= 4 is 11.3 Å². The van der Waals surface area contributed by atoms with E-state index in [4.69, 9.17) is 4.74 Å². The van der Waals surface area contributed by atoms with E-state index in [1.165, 1.54) is 4.88 Å². The first-order valence-corrected chi connectivity index (χ1v) is 6.31. The van der Waals surface area contributed by atoms with Crippen LogP contribution in [0.4, 0.5) is 0 Å². The molecule has 1 aromatic rings. The van der Waals surface area contributed by atoms with E-state index in [9.17, 15) is 0 Å². The third kappa shape index (κ3) is 3.93. The average Bonchev–Trinajstić information content (AvgIpc) is 2.66. The molecular formula is C12H21NOS. The van der Waals surface area contributed by atoms with Crippen molar-refractivity contribution in [2.45, 2.75) is 32.9 Å². The topological polar surface area (TPSA) is 21.3 Å². The van der Waals surface area contributed by atoms with Crippen LogP contribution in [0.5, 0.6) is 0 Å². The molecule has 1 rings (SSSR count). The second kappa shape index (κ2) is 6.26. The van der Waals surface area contributed by atoms with Crippen LogP contribution in [0.3, 0.4) is 0 Å². The number of thiophene rings is 1. The van der Waals surface area contributed by atoms with Crippen LogP contribution < -0.4 is 5.32 Å². The summed E-state index contributed by atoms with van der Waals surface area (Å²) in [5.41, 5.74) is 0. The maximum atomic E-state index is 5.14. The van der Waals surface area contributed by atoms with Gasteiger partial charge in [0.25, 0.3) is 0 Å². The van der Waals surface area contributed by atoms with Crippen molar-refractivity contribution < 1.29 is 4.74 Å². The fourth-order valence-corrected chi connectivity index (χ4v) is 2.63. The Morgan fingerprint density at radius 3 is 2.60 bits per heavy atom. The highest BCUT2D eigenvalue weighted by atomic mass is 32.1. The summed E-state index contributed by atoms with van der Waals surface area (Å²) in [6.45, 7) is 7.41. The van der Waals surface area contributed by atoms with Gasteiger partial charge in [-0.2, -0.15) is 0 Å². The van der Waals surface area contributed by atoms with E-state index >= 15 is 0 Å². The van der Waals surface area contributed by atoms with Gasteiger partial charge in [-0.05, 0) is 24.3 Å². The first kappa shape index (κ1) is 12.7. The molecule has 1 aromatic heterocycles. The SMILES string of the molecule is COCC(C)NC(c1cccs1)C(C)C. The summed E-state index contributed by atoms with van der Waals surface area (Å²) in [6.07, 6.45) is 0. The second-order valence-corrected chi connectivity index (χ2v) is 5.24. The third-order valence-corrected chi connectivity index (χ3v) is 3.35. The lowest BCUT2D eigenvalue weighted by atomic mass is 10.0. The Morgan fingerprint density at radius 1 is 1.40 bits per heavy atom. The molecule has 0 aliphatic heterocycles. The van der Waals surface area contributed by atoms with Crippen LogP contribution in [0.2, 0.25) is 0 Å². The number of hydrogen-bond acceptors (Lipinski definition) is 3.